The molecule has 138 valence electrons. The van der Waals surface area contributed by atoms with Gasteiger partial charge in [-0.3, -0.25) is 4.79 Å². The number of methoxy groups -OCH3 is 1. The van der Waals surface area contributed by atoms with E-state index in [0.717, 1.165) is 5.56 Å². The Bertz CT molecular complexity index is 736. The Balaban J connectivity index is 2.07. The van der Waals surface area contributed by atoms with Gasteiger partial charge < -0.3 is 14.4 Å². The Kier molecular flexibility index (Phi) is 7.21. The third-order valence-corrected chi connectivity index (χ3v) is 4.23. The largest absolute Gasteiger partial charge is 0.497 e. The fourth-order valence-corrected chi connectivity index (χ4v) is 2.68. The van der Waals surface area contributed by atoms with Crippen molar-refractivity contribution in [2.24, 2.45) is 0 Å². The van der Waals surface area contributed by atoms with Crippen molar-refractivity contribution in [2.75, 3.05) is 26.8 Å². The van der Waals surface area contributed by atoms with E-state index >= 15 is 0 Å². The molecule has 2 aromatic rings. The van der Waals surface area contributed by atoms with E-state index < -0.39 is 0 Å². The van der Waals surface area contributed by atoms with Crippen LogP contribution in [0.15, 0.2) is 48.5 Å². The molecule has 26 heavy (non-hydrogen) atoms. The Labute approximate surface area is 154 Å². The maximum Gasteiger partial charge on any atom is 0.409 e. The van der Waals surface area contributed by atoms with Crippen molar-refractivity contribution < 1.29 is 19.1 Å². The number of hydrogen-bond acceptors (Lipinski definition) is 4. The quantitative estimate of drug-likeness (QED) is 0.673. The first-order chi connectivity index (χ1) is 12.6. The normalized spacial score (nSPS) is 10.3. The molecule has 5 nitrogen and oxygen atoms in total. The summed E-state index contributed by atoms with van der Waals surface area (Å²) in [5, 5.41) is 0. The summed E-state index contributed by atoms with van der Waals surface area (Å²) >= 11 is 0. The molecular weight excluding hydrogens is 330 g/mol. The molecule has 0 atom stereocenters. The lowest BCUT2D eigenvalue weighted by molar-refractivity contribution is 0.103. The summed E-state index contributed by atoms with van der Waals surface area (Å²) in [6, 6.07) is 14.4. The van der Waals surface area contributed by atoms with E-state index in [1.165, 1.54) is 0 Å². The molecule has 0 spiro atoms. The average molecular weight is 355 g/mol. The van der Waals surface area contributed by atoms with E-state index in [1.54, 1.807) is 42.3 Å². The maximum atomic E-state index is 12.8. The van der Waals surface area contributed by atoms with Crippen molar-refractivity contribution in [1.29, 1.82) is 0 Å². The van der Waals surface area contributed by atoms with Crippen LogP contribution in [0.5, 0.6) is 5.75 Å². The van der Waals surface area contributed by atoms with Crippen LogP contribution in [0.3, 0.4) is 0 Å². The van der Waals surface area contributed by atoms with Gasteiger partial charge in [0.15, 0.2) is 5.78 Å². The minimum atomic E-state index is -0.325. The lowest BCUT2D eigenvalue weighted by Crippen LogP contribution is -2.31. The second-order valence-corrected chi connectivity index (χ2v) is 5.75. The molecule has 0 fully saturated rings. The van der Waals surface area contributed by atoms with Gasteiger partial charge in [0.25, 0.3) is 0 Å². The van der Waals surface area contributed by atoms with Gasteiger partial charge in [0.1, 0.15) is 5.75 Å². The van der Waals surface area contributed by atoms with Gasteiger partial charge in [-0.2, -0.15) is 0 Å². The topological polar surface area (TPSA) is 55.8 Å². The first-order valence-corrected chi connectivity index (χ1v) is 8.79. The van der Waals surface area contributed by atoms with E-state index in [0.29, 0.717) is 36.4 Å². The van der Waals surface area contributed by atoms with Crippen LogP contribution in [0, 0.1) is 0 Å². The standard InChI is InChI=1S/C21H25NO4/c1-4-22(5-2)21(24)26-15-14-16-8-6-7-9-19(16)20(23)17-10-12-18(25-3)13-11-17/h6-13H,4-5,14-15H2,1-3H3. The molecule has 0 bridgehead atoms. The fraction of sp³-hybridized carbons (Fsp3) is 0.333. The van der Waals surface area contributed by atoms with Crippen molar-refractivity contribution >= 4 is 11.9 Å². The van der Waals surface area contributed by atoms with Crippen LogP contribution in [0.2, 0.25) is 0 Å². The molecule has 0 aliphatic carbocycles. The Morgan fingerprint density at radius 2 is 1.62 bits per heavy atom. The van der Waals surface area contributed by atoms with Crippen molar-refractivity contribution in [3.05, 3.63) is 65.2 Å². The first kappa shape index (κ1) is 19.5. The molecule has 0 unspecified atom stereocenters. The lowest BCUT2D eigenvalue weighted by Gasteiger charge is -2.18. The summed E-state index contributed by atoms with van der Waals surface area (Å²) in [7, 11) is 1.59. The van der Waals surface area contributed by atoms with Gasteiger partial charge in [-0.15, -0.1) is 0 Å². The van der Waals surface area contributed by atoms with Crippen molar-refractivity contribution in [2.45, 2.75) is 20.3 Å². The van der Waals surface area contributed by atoms with Crippen LogP contribution < -0.4 is 4.74 Å². The Morgan fingerprint density at radius 3 is 2.23 bits per heavy atom. The number of ether oxygens (including phenoxy) is 2. The summed E-state index contributed by atoms with van der Waals surface area (Å²) in [5.74, 6) is 0.650. The molecule has 0 radical (unpaired) electrons. The highest BCUT2D eigenvalue weighted by Crippen LogP contribution is 2.18. The van der Waals surface area contributed by atoms with E-state index in [9.17, 15) is 9.59 Å². The predicted octanol–water partition coefficient (Wildman–Crippen LogP) is 3.95. The van der Waals surface area contributed by atoms with E-state index in [4.69, 9.17) is 9.47 Å². The van der Waals surface area contributed by atoms with Gasteiger partial charge in [0.05, 0.1) is 13.7 Å². The second-order valence-electron chi connectivity index (χ2n) is 5.75. The molecule has 0 saturated heterocycles. The number of amides is 1. The number of nitrogens with zero attached hydrogens (tertiary/aromatic N) is 1. The summed E-state index contributed by atoms with van der Waals surface area (Å²) in [5.41, 5.74) is 2.08. The molecule has 2 rings (SSSR count). The highest BCUT2D eigenvalue weighted by molar-refractivity contribution is 6.10. The van der Waals surface area contributed by atoms with Gasteiger partial charge in [-0.25, -0.2) is 4.79 Å². The molecule has 0 heterocycles. The SMILES string of the molecule is CCN(CC)C(=O)OCCc1ccccc1C(=O)c1ccc(OC)cc1. The third kappa shape index (κ3) is 4.85. The van der Waals surface area contributed by atoms with Crippen LogP contribution in [-0.4, -0.2) is 43.6 Å². The average Bonchev–Trinajstić information content (AvgIpc) is 2.69. The fourth-order valence-electron chi connectivity index (χ4n) is 2.68. The number of ketones is 1. The molecule has 0 aromatic heterocycles. The number of rotatable bonds is 8. The van der Waals surface area contributed by atoms with Crippen molar-refractivity contribution in [3.63, 3.8) is 0 Å². The zero-order valence-electron chi connectivity index (χ0n) is 15.5. The highest BCUT2D eigenvalue weighted by Gasteiger charge is 2.15. The van der Waals surface area contributed by atoms with Crippen molar-refractivity contribution in [1.82, 2.24) is 4.90 Å². The van der Waals surface area contributed by atoms with Crippen LogP contribution in [0.1, 0.15) is 35.3 Å². The molecular formula is C21H25NO4. The molecule has 2 aromatic carbocycles. The van der Waals surface area contributed by atoms with Gasteiger partial charge >= 0.3 is 6.09 Å². The summed E-state index contributed by atoms with van der Waals surface area (Å²) in [6.45, 7) is 5.28. The number of carbonyl (C=O) groups excluding carboxylic acids is 2. The third-order valence-electron chi connectivity index (χ3n) is 4.23. The summed E-state index contributed by atoms with van der Waals surface area (Å²) < 4.78 is 10.4. The number of benzene rings is 2. The van der Waals surface area contributed by atoms with E-state index in [-0.39, 0.29) is 18.5 Å². The Morgan fingerprint density at radius 1 is 0.962 bits per heavy atom. The molecule has 0 aliphatic rings. The van der Waals surface area contributed by atoms with Crippen LogP contribution in [-0.2, 0) is 11.2 Å². The van der Waals surface area contributed by atoms with Crippen LogP contribution in [0.25, 0.3) is 0 Å². The Hall–Kier alpha value is -2.82. The monoisotopic (exact) mass is 355 g/mol. The lowest BCUT2D eigenvalue weighted by atomic mass is 9.97. The molecule has 1 amide bonds. The van der Waals surface area contributed by atoms with Crippen molar-refractivity contribution in [3.8, 4) is 5.75 Å². The summed E-state index contributed by atoms with van der Waals surface area (Å²) in [6.07, 6.45) is 0.166. The van der Waals surface area contributed by atoms with E-state index in [1.807, 2.05) is 32.0 Å². The molecule has 0 aliphatic heterocycles. The highest BCUT2D eigenvalue weighted by atomic mass is 16.6. The van der Waals surface area contributed by atoms with Gasteiger partial charge in [-0.05, 0) is 43.7 Å². The molecule has 0 N–H and O–H groups in total. The molecule has 0 saturated carbocycles. The first-order valence-electron chi connectivity index (χ1n) is 8.79. The zero-order valence-corrected chi connectivity index (χ0v) is 15.5. The van der Waals surface area contributed by atoms with E-state index in [2.05, 4.69) is 0 Å². The van der Waals surface area contributed by atoms with Gasteiger partial charge in [0, 0.05) is 30.6 Å². The zero-order chi connectivity index (χ0) is 18.9. The minimum absolute atomic E-state index is 0.0571. The second kappa shape index (κ2) is 9.61. The van der Waals surface area contributed by atoms with Gasteiger partial charge in [-0.1, -0.05) is 24.3 Å². The van der Waals surface area contributed by atoms with Crippen LogP contribution >= 0.6 is 0 Å². The summed E-state index contributed by atoms with van der Waals surface area (Å²) in [4.78, 5) is 26.3. The maximum absolute atomic E-state index is 12.8. The molecule has 5 heteroatoms. The minimum Gasteiger partial charge on any atom is -0.497 e. The number of hydrogen-bond donors (Lipinski definition) is 0. The predicted molar refractivity (Wildman–Crippen MR) is 101 cm³/mol. The smallest absolute Gasteiger partial charge is 0.409 e. The van der Waals surface area contributed by atoms with Crippen LogP contribution in [0.4, 0.5) is 4.79 Å². The van der Waals surface area contributed by atoms with Gasteiger partial charge in [0.2, 0.25) is 0 Å². The number of carbonyl (C=O) groups is 2.